The highest BCUT2D eigenvalue weighted by Crippen LogP contribution is 2.48. The number of Topliss-reactive ketones (excluding diaryl/α,β-unsaturated/α-hetero) is 2. The van der Waals surface area contributed by atoms with Gasteiger partial charge in [0.05, 0.1) is 28.4 Å². The van der Waals surface area contributed by atoms with Crippen LogP contribution in [0.5, 0.6) is 23.0 Å². The number of benzene rings is 1. The fraction of sp³-hybridized carbons (Fsp3) is 0.429. The fourth-order valence-electron chi connectivity index (χ4n) is 2.08. The molecule has 0 aliphatic carbocycles. The van der Waals surface area contributed by atoms with Crippen LogP contribution in [0, 0.1) is 0 Å². The van der Waals surface area contributed by atoms with Gasteiger partial charge in [-0.3, -0.25) is 9.59 Å². The topological polar surface area (TPSA) is 71.1 Å². The van der Waals surface area contributed by atoms with E-state index in [-0.39, 0.29) is 45.7 Å². The molecule has 6 heteroatoms. The Balaban J connectivity index is 3.98. The molecule has 1 rings (SSSR count). The molecule has 0 aromatic heterocycles. The Kier molecular flexibility index (Phi) is 4.96. The third-order valence-electron chi connectivity index (χ3n) is 2.84. The van der Waals surface area contributed by atoms with E-state index in [0.29, 0.717) is 0 Å². The molecule has 6 nitrogen and oxygen atoms in total. The van der Waals surface area contributed by atoms with E-state index in [1.807, 2.05) is 0 Å². The van der Waals surface area contributed by atoms with Crippen LogP contribution in [0.25, 0.3) is 0 Å². The summed E-state index contributed by atoms with van der Waals surface area (Å²) in [6, 6.07) is 0. The molecule has 0 radical (unpaired) electrons. The molecule has 0 unspecified atom stereocenters. The lowest BCUT2D eigenvalue weighted by Gasteiger charge is -2.20. The van der Waals surface area contributed by atoms with Gasteiger partial charge < -0.3 is 18.9 Å². The second-order valence-corrected chi connectivity index (χ2v) is 4.00. The van der Waals surface area contributed by atoms with Gasteiger partial charge in [-0.15, -0.1) is 0 Å². The monoisotopic (exact) mass is 282 g/mol. The zero-order valence-electron chi connectivity index (χ0n) is 12.4. The number of carbonyl (C=O) groups is 2. The molecule has 0 saturated heterocycles. The first-order valence-corrected chi connectivity index (χ1v) is 5.86. The van der Waals surface area contributed by atoms with Gasteiger partial charge in [0.25, 0.3) is 0 Å². The van der Waals surface area contributed by atoms with Crippen molar-refractivity contribution in [2.75, 3.05) is 28.4 Å². The minimum Gasteiger partial charge on any atom is -0.492 e. The van der Waals surface area contributed by atoms with Crippen molar-refractivity contribution in [1.29, 1.82) is 0 Å². The molecule has 110 valence electrons. The Labute approximate surface area is 117 Å². The van der Waals surface area contributed by atoms with Gasteiger partial charge in [-0.2, -0.15) is 0 Å². The van der Waals surface area contributed by atoms with Gasteiger partial charge in [-0.05, 0) is 13.8 Å². The number of methoxy groups -OCH3 is 4. The van der Waals surface area contributed by atoms with Crippen LogP contribution >= 0.6 is 0 Å². The van der Waals surface area contributed by atoms with Gasteiger partial charge in [-0.1, -0.05) is 0 Å². The Bertz CT molecular complexity index is 465. The summed E-state index contributed by atoms with van der Waals surface area (Å²) in [5.74, 6) is 0.0483. The maximum absolute atomic E-state index is 11.9. The third-order valence-corrected chi connectivity index (χ3v) is 2.84. The van der Waals surface area contributed by atoms with Crippen molar-refractivity contribution in [2.24, 2.45) is 0 Å². The number of hydrogen-bond donors (Lipinski definition) is 0. The first kappa shape index (κ1) is 15.8. The quantitative estimate of drug-likeness (QED) is 0.744. The van der Waals surface area contributed by atoms with E-state index in [4.69, 9.17) is 18.9 Å². The lowest BCUT2D eigenvalue weighted by atomic mass is 10.00. The zero-order valence-corrected chi connectivity index (χ0v) is 12.4. The second-order valence-electron chi connectivity index (χ2n) is 4.00. The lowest BCUT2D eigenvalue weighted by Crippen LogP contribution is -2.10. The van der Waals surface area contributed by atoms with Gasteiger partial charge in [0.2, 0.25) is 0 Å². The summed E-state index contributed by atoms with van der Waals surface area (Å²) in [6.45, 7) is 2.74. The predicted octanol–water partition coefficient (Wildman–Crippen LogP) is 2.13. The van der Waals surface area contributed by atoms with E-state index < -0.39 is 0 Å². The third kappa shape index (κ3) is 2.41. The minimum absolute atomic E-state index is 0.155. The van der Waals surface area contributed by atoms with Crippen molar-refractivity contribution in [3.8, 4) is 23.0 Å². The molecule has 0 N–H and O–H groups in total. The molecule has 0 amide bonds. The first-order valence-electron chi connectivity index (χ1n) is 5.86. The van der Waals surface area contributed by atoms with Gasteiger partial charge >= 0.3 is 0 Å². The molecule has 0 fully saturated rings. The van der Waals surface area contributed by atoms with E-state index >= 15 is 0 Å². The minimum atomic E-state index is -0.287. The van der Waals surface area contributed by atoms with Crippen LogP contribution in [0.15, 0.2) is 0 Å². The Morgan fingerprint density at radius 3 is 0.900 bits per heavy atom. The number of ketones is 2. The number of ether oxygens (including phenoxy) is 4. The Morgan fingerprint density at radius 2 is 0.800 bits per heavy atom. The van der Waals surface area contributed by atoms with Crippen LogP contribution in [0.3, 0.4) is 0 Å². The maximum atomic E-state index is 11.9. The summed E-state index contributed by atoms with van der Waals surface area (Å²) in [4.78, 5) is 23.7. The van der Waals surface area contributed by atoms with E-state index in [1.165, 1.54) is 42.3 Å². The average molecular weight is 282 g/mol. The highest BCUT2D eigenvalue weighted by molar-refractivity contribution is 6.08. The van der Waals surface area contributed by atoms with Crippen molar-refractivity contribution in [2.45, 2.75) is 13.8 Å². The fourth-order valence-corrected chi connectivity index (χ4v) is 2.08. The largest absolute Gasteiger partial charge is 0.492 e. The van der Waals surface area contributed by atoms with Crippen LogP contribution < -0.4 is 18.9 Å². The van der Waals surface area contributed by atoms with E-state index in [9.17, 15) is 9.59 Å². The summed E-state index contributed by atoms with van der Waals surface area (Å²) in [6.07, 6.45) is 0. The zero-order chi connectivity index (χ0) is 15.4. The van der Waals surface area contributed by atoms with Crippen LogP contribution in [0.4, 0.5) is 0 Å². The summed E-state index contributed by atoms with van der Waals surface area (Å²) >= 11 is 0. The molecule has 20 heavy (non-hydrogen) atoms. The average Bonchev–Trinajstić information content (AvgIpc) is 2.42. The van der Waals surface area contributed by atoms with Gasteiger partial charge in [0, 0.05) is 0 Å². The summed E-state index contributed by atoms with van der Waals surface area (Å²) in [5.41, 5.74) is 0.349. The molecule has 0 saturated carbocycles. The highest BCUT2D eigenvalue weighted by atomic mass is 16.5. The van der Waals surface area contributed by atoms with E-state index in [0.717, 1.165) is 0 Å². The van der Waals surface area contributed by atoms with Crippen molar-refractivity contribution < 1.29 is 28.5 Å². The highest BCUT2D eigenvalue weighted by Gasteiger charge is 2.31. The number of carbonyl (C=O) groups excluding carboxylic acids is 2. The molecule has 0 atom stereocenters. The summed E-state index contributed by atoms with van der Waals surface area (Å²) in [7, 11) is 5.56. The van der Waals surface area contributed by atoms with Crippen molar-refractivity contribution in [3.63, 3.8) is 0 Å². The standard InChI is InChI=1S/C14H18O6/c1-7(15)9-11(17-3)13(19-5)10(8(2)16)14(20-6)12(9)18-4/h1-6H3. The second kappa shape index (κ2) is 6.27. The molecule has 0 bridgehead atoms. The Morgan fingerprint density at radius 1 is 0.600 bits per heavy atom. The molecule has 0 spiro atoms. The maximum Gasteiger partial charge on any atom is 0.176 e. The number of rotatable bonds is 6. The van der Waals surface area contributed by atoms with Gasteiger partial charge in [-0.25, -0.2) is 0 Å². The van der Waals surface area contributed by atoms with Gasteiger partial charge in [0.15, 0.2) is 34.6 Å². The molecule has 0 heterocycles. The van der Waals surface area contributed by atoms with Crippen molar-refractivity contribution >= 4 is 11.6 Å². The smallest absolute Gasteiger partial charge is 0.176 e. The Hall–Kier alpha value is -2.24. The molecule has 0 aliphatic rings. The SMILES string of the molecule is COc1c(OC)c(C(C)=O)c(OC)c(OC)c1C(C)=O. The normalized spacial score (nSPS) is 9.90. The molecular weight excluding hydrogens is 264 g/mol. The number of hydrogen-bond acceptors (Lipinski definition) is 6. The van der Waals surface area contributed by atoms with Crippen LogP contribution in [0.2, 0.25) is 0 Å². The lowest BCUT2D eigenvalue weighted by molar-refractivity contribution is 0.0988. The van der Waals surface area contributed by atoms with Crippen LogP contribution in [-0.4, -0.2) is 40.0 Å². The summed E-state index contributed by atoms with van der Waals surface area (Å²) < 4.78 is 20.9. The molecule has 0 aliphatic heterocycles. The van der Waals surface area contributed by atoms with Crippen LogP contribution in [-0.2, 0) is 0 Å². The molecular formula is C14H18O6. The first-order chi connectivity index (χ1) is 9.44. The van der Waals surface area contributed by atoms with Gasteiger partial charge in [0.1, 0.15) is 11.1 Å². The summed E-state index contributed by atoms with van der Waals surface area (Å²) in [5, 5.41) is 0. The molecule has 1 aromatic rings. The van der Waals surface area contributed by atoms with Crippen molar-refractivity contribution in [1.82, 2.24) is 0 Å². The van der Waals surface area contributed by atoms with Crippen molar-refractivity contribution in [3.05, 3.63) is 11.1 Å². The molecule has 1 aromatic carbocycles. The van der Waals surface area contributed by atoms with E-state index in [1.54, 1.807) is 0 Å². The van der Waals surface area contributed by atoms with E-state index in [2.05, 4.69) is 0 Å². The van der Waals surface area contributed by atoms with Crippen LogP contribution in [0.1, 0.15) is 34.6 Å². The predicted molar refractivity (Wildman–Crippen MR) is 72.7 cm³/mol.